The monoisotopic (exact) mass is 336 g/mol. The van der Waals surface area contributed by atoms with E-state index in [1.165, 1.54) is 0 Å². The lowest BCUT2D eigenvalue weighted by Crippen LogP contribution is -2.33. The Balaban J connectivity index is 2.69. The van der Waals surface area contributed by atoms with Gasteiger partial charge in [-0.1, -0.05) is 54.0 Å². The Hall–Kier alpha value is -0.780. The van der Waals surface area contributed by atoms with Gasteiger partial charge in [0.15, 0.2) is 11.8 Å². The highest BCUT2D eigenvalue weighted by molar-refractivity contribution is 7.18. The molecule has 0 unspecified atom stereocenters. The first kappa shape index (κ1) is 17.3. The third-order valence-corrected chi connectivity index (χ3v) is 4.29. The number of nitrogens with zero attached hydrogens (tertiary/aromatic N) is 2. The second kappa shape index (κ2) is 7.29. The first-order chi connectivity index (χ1) is 9.23. The fourth-order valence-electron chi connectivity index (χ4n) is 1.98. The van der Waals surface area contributed by atoms with Gasteiger partial charge in [0.05, 0.1) is 0 Å². The zero-order valence-electron chi connectivity index (χ0n) is 12.2. The van der Waals surface area contributed by atoms with E-state index in [2.05, 4.69) is 4.98 Å². The number of ether oxygens (including phenoxy) is 1. The number of carbonyl (C=O) groups excluding carboxylic acids is 1. The average Bonchev–Trinajstić information content (AvgIpc) is 2.64. The van der Waals surface area contributed by atoms with Crippen LogP contribution in [0.2, 0.25) is 9.49 Å². The van der Waals surface area contributed by atoms with Crippen LogP contribution in [0.4, 0.5) is 0 Å². The van der Waals surface area contributed by atoms with Crippen molar-refractivity contribution in [1.29, 1.82) is 0 Å². The summed E-state index contributed by atoms with van der Waals surface area (Å²) in [7, 11) is 1.75. The van der Waals surface area contributed by atoms with Crippen molar-refractivity contribution in [3.05, 3.63) is 20.8 Å². The van der Waals surface area contributed by atoms with E-state index in [1.54, 1.807) is 11.9 Å². The molecule has 0 N–H and O–H groups in total. The van der Waals surface area contributed by atoms with E-state index in [4.69, 9.17) is 27.9 Å². The number of allylic oxidation sites excluding steroid dienone is 2. The van der Waals surface area contributed by atoms with Gasteiger partial charge in [0, 0.05) is 12.7 Å². The zero-order chi connectivity index (χ0) is 15.4. The van der Waals surface area contributed by atoms with Crippen LogP contribution in [0.3, 0.4) is 0 Å². The molecule has 0 saturated heterocycles. The Morgan fingerprint density at radius 3 is 2.40 bits per heavy atom. The van der Waals surface area contributed by atoms with Gasteiger partial charge in [-0.2, -0.15) is 4.98 Å². The SMILES string of the molecule is CC(C)=C(C(C)C)N(C)C(=O)COc1nc(Cl)c(Cl)s1. The summed E-state index contributed by atoms with van der Waals surface area (Å²) in [6.45, 7) is 7.97. The van der Waals surface area contributed by atoms with Crippen molar-refractivity contribution in [3.8, 4) is 5.19 Å². The minimum absolute atomic E-state index is 0.0971. The Bertz CT molecular complexity index is 503. The number of halogens is 2. The van der Waals surface area contributed by atoms with E-state index in [0.717, 1.165) is 22.6 Å². The topological polar surface area (TPSA) is 42.4 Å². The molecule has 1 heterocycles. The predicted octanol–water partition coefficient (Wildman–Crippen LogP) is 4.24. The van der Waals surface area contributed by atoms with Crippen LogP contribution in [-0.2, 0) is 4.79 Å². The number of thiazole rings is 1. The second-order valence-corrected chi connectivity index (χ2v) is 6.75. The summed E-state index contributed by atoms with van der Waals surface area (Å²) < 4.78 is 5.68. The lowest BCUT2D eigenvalue weighted by Gasteiger charge is -2.25. The van der Waals surface area contributed by atoms with Crippen molar-refractivity contribution in [3.63, 3.8) is 0 Å². The number of hydrogen-bond donors (Lipinski definition) is 0. The standard InChI is InChI=1S/C13H18Cl2N2O2S/c1-7(2)10(8(3)4)17(5)9(18)6-19-13-16-11(14)12(15)20-13/h7H,6H2,1-5H3. The first-order valence-electron chi connectivity index (χ1n) is 6.12. The molecule has 1 amide bonds. The number of hydrogen-bond acceptors (Lipinski definition) is 4. The van der Waals surface area contributed by atoms with Gasteiger partial charge in [0.25, 0.3) is 11.1 Å². The molecule has 20 heavy (non-hydrogen) atoms. The summed E-state index contributed by atoms with van der Waals surface area (Å²) in [5, 5.41) is 0.490. The molecule has 1 aromatic heterocycles. The molecule has 1 rings (SSSR count). The van der Waals surface area contributed by atoms with Gasteiger partial charge in [0.1, 0.15) is 4.34 Å². The summed E-state index contributed by atoms with van der Waals surface area (Å²) in [6, 6.07) is 0. The normalized spacial score (nSPS) is 10.6. The number of rotatable bonds is 5. The van der Waals surface area contributed by atoms with Crippen LogP contribution in [0.1, 0.15) is 27.7 Å². The van der Waals surface area contributed by atoms with Crippen molar-refractivity contribution >= 4 is 40.4 Å². The van der Waals surface area contributed by atoms with Gasteiger partial charge in [-0.25, -0.2) is 0 Å². The van der Waals surface area contributed by atoms with E-state index in [-0.39, 0.29) is 23.6 Å². The third-order valence-electron chi connectivity index (χ3n) is 2.64. The molecule has 0 aliphatic rings. The van der Waals surface area contributed by atoms with Gasteiger partial charge in [-0.05, 0) is 19.8 Å². The van der Waals surface area contributed by atoms with Crippen LogP contribution in [0, 0.1) is 5.92 Å². The second-order valence-electron chi connectivity index (χ2n) is 4.83. The Labute approximate surface area is 133 Å². The quantitative estimate of drug-likeness (QED) is 0.807. The number of aromatic nitrogens is 1. The molecule has 4 nitrogen and oxygen atoms in total. The van der Waals surface area contributed by atoms with E-state index in [1.807, 2.05) is 27.7 Å². The highest BCUT2D eigenvalue weighted by Gasteiger charge is 2.19. The Morgan fingerprint density at radius 2 is 2.00 bits per heavy atom. The van der Waals surface area contributed by atoms with E-state index >= 15 is 0 Å². The first-order valence-corrected chi connectivity index (χ1v) is 7.69. The van der Waals surface area contributed by atoms with Gasteiger partial charge in [0.2, 0.25) is 0 Å². The van der Waals surface area contributed by atoms with E-state index < -0.39 is 0 Å². The third kappa shape index (κ3) is 4.36. The van der Waals surface area contributed by atoms with Crippen molar-refractivity contribution < 1.29 is 9.53 Å². The summed E-state index contributed by atoms with van der Waals surface area (Å²) in [4.78, 5) is 17.7. The number of likely N-dealkylation sites (N-methyl/N-ethyl adjacent to an activating group) is 1. The molecule has 112 valence electrons. The molecule has 0 aliphatic heterocycles. The molecular formula is C13H18Cl2N2O2S. The van der Waals surface area contributed by atoms with Gasteiger partial charge < -0.3 is 9.64 Å². The van der Waals surface area contributed by atoms with Crippen LogP contribution in [0.25, 0.3) is 0 Å². The molecule has 0 aliphatic carbocycles. The summed E-state index contributed by atoms with van der Waals surface area (Å²) in [6.07, 6.45) is 0. The van der Waals surface area contributed by atoms with Crippen LogP contribution in [0.5, 0.6) is 5.19 Å². The average molecular weight is 337 g/mol. The molecule has 0 saturated carbocycles. The van der Waals surface area contributed by atoms with Crippen LogP contribution in [-0.4, -0.2) is 29.4 Å². The summed E-state index contributed by atoms with van der Waals surface area (Å²) >= 11 is 12.6. The minimum Gasteiger partial charge on any atom is -0.460 e. The van der Waals surface area contributed by atoms with E-state index in [9.17, 15) is 4.79 Å². The molecule has 0 atom stereocenters. The molecular weight excluding hydrogens is 319 g/mol. The highest BCUT2D eigenvalue weighted by atomic mass is 35.5. The molecule has 0 fully saturated rings. The molecule has 0 bridgehead atoms. The number of amides is 1. The fraction of sp³-hybridized carbons (Fsp3) is 0.538. The molecule has 7 heteroatoms. The van der Waals surface area contributed by atoms with Crippen molar-refractivity contribution in [2.24, 2.45) is 5.92 Å². The maximum atomic E-state index is 12.1. The van der Waals surface area contributed by atoms with E-state index in [0.29, 0.717) is 9.53 Å². The lowest BCUT2D eigenvalue weighted by atomic mass is 10.1. The van der Waals surface area contributed by atoms with Crippen molar-refractivity contribution in [2.45, 2.75) is 27.7 Å². The van der Waals surface area contributed by atoms with Crippen LogP contribution in [0.15, 0.2) is 11.3 Å². The molecule has 0 aromatic carbocycles. The Morgan fingerprint density at radius 1 is 1.40 bits per heavy atom. The number of carbonyl (C=O) groups is 1. The zero-order valence-corrected chi connectivity index (χ0v) is 14.5. The van der Waals surface area contributed by atoms with Crippen molar-refractivity contribution in [2.75, 3.05) is 13.7 Å². The molecule has 0 radical (unpaired) electrons. The molecule has 0 spiro atoms. The maximum absolute atomic E-state index is 12.1. The fourth-order valence-corrected chi connectivity index (χ4v) is 3.00. The Kier molecular flexibility index (Phi) is 6.30. The smallest absolute Gasteiger partial charge is 0.276 e. The summed E-state index contributed by atoms with van der Waals surface area (Å²) in [5.41, 5.74) is 2.10. The maximum Gasteiger partial charge on any atom is 0.276 e. The van der Waals surface area contributed by atoms with Crippen LogP contribution >= 0.6 is 34.5 Å². The largest absolute Gasteiger partial charge is 0.460 e. The van der Waals surface area contributed by atoms with Gasteiger partial charge in [-0.15, -0.1) is 0 Å². The molecule has 1 aromatic rings. The predicted molar refractivity (Wildman–Crippen MR) is 83.6 cm³/mol. The van der Waals surface area contributed by atoms with Crippen LogP contribution < -0.4 is 4.74 Å². The minimum atomic E-state index is -0.141. The summed E-state index contributed by atoms with van der Waals surface area (Å²) in [5.74, 6) is 0.120. The van der Waals surface area contributed by atoms with Gasteiger partial charge >= 0.3 is 0 Å². The van der Waals surface area contributed by atoms with Gasteiger partial charge in [-0.3, -0.25) is 4.79 Å². The lowest BCUT2D eigenvalue weighted by molar-refractivity contribution is -0.130. The highest BCUT2D eigenvalue weighted by Crippen LogP contribution is 2.32. The van der Waals surface area contributed by atoms with Crippen molar-refractivity contribution in [1.82, 2.24) is 9.88 Å².